The molecule has 1 aromatic carbocycles. The Kier molecular flexibility index (Phi) is 3.67. The third kappa shape index (κ3) is 2.56. The van der Waals surface area contributed by atoms with Crippen molar-refractivity contribution in [1.82, 2.24) is 20.1 Å². The van der Waals surface area contributed by atoms with Gasteiger partial charge < -0.3 is 10.4 Å². The van der Waals surface area contributed by atoms with Crippen LogP contribution in [0.4, 0.5) is 0 Å². The number of rotatable bonds is 2. The second-order valence-electron chi connectivity index (χ2n) is 5.85. The molecule has 0 unspecified atom stereocenters. The lowest BCUT2D eigenvalue weighted by Crippen LogP contribution is -2.27. The molecule has 0 saturated carbocycles. The maximum atomic E-state index is 10.3. The SMILES string of the molecule is Oc1cncc2c1c(C1CCNCC1)nn2-c1ccc(Cl)cc1. The highest BCUT2D eigenvalue weighted by Gasteiger charge is 2.24. The fraction of sp³-hybridized carbons (Fsp3) is 0.294. The fourth-order valence-electron chi connectivity index (χ4n) is 3.23. The molecule has 6 heteroatoms. The van der Waals surface area contributed by atoms with Crippen LogP contribution in [0.2, 0.25) is 5.02 Å². The predicted octanol–water partition coefficient (Wildman–Crippen LogP) is 3.25. The predicted molar refractivity (Wildman–Crippen MR) is 90.4 cm³/mol. The first-order valence-corrected chi connectivity index (χ1v) is 8.14. The van der Waals surface area contributed by atoms with Gasteiger partial charge in [-0.05, 0) is 50.2 Å². The van der Waals surface area contributed by atoms with Gasteiger partial charge in [0.25, 0.3) is 0 Å². The quantitative estimate of drug-likeness (QED) is 0.758. The van der Waals surface area contributed by atoms with E-state index in [-0.39, 0.29) is 5.75 Å². The minimum Gasteiger partial charge on any atom is -0.506 e. The number of fused-ring (bicyclic) bond motifs is 1. The van der Waals surface area contributed by atoms with Crippen LogP contribution in [-0.2, 0) is 0 Å². The van der Waals surface area contributed by atoms with Gasteiger partial charge in [-0.2, -0.15) is 5.10 Å². The van der Waals surface area contributed by atoms with E-state index in [1.165, 1.54) is 6.20 Å². The van der Waals surface area contributed by atoms with E-state index in [1.807, 2.05) is 28.9 Å². The molecule has 1 aliphatic heterocycles. The Bertz CT molecular complexity index is 838. The van der Waals surface area contributed by atoms with Gasteiger partial charge in [0.2, 0.25) is 0 Å². The molecule has 2 N–H and O–H groups in total. The Hall–Kier alpha value is -2.11. The van der Waals surface area contributed by atoms with Crippen LogP contribution < -0.4 is 5.32 Å². The third-order valence-electron chi connectivity index (χ3n) is 4.40. The molecule has 0 spiro atoms. The van der Waals surface area contributed by atoms with Crippen LogP contribution in [0.1, 0.15) is 24.5 Å². The number of nitrogens with one attached hydrogen (secondary N) is 1. The van der Waals surface area contributed by atoms with Crippen LogP contribution in [-0.4, -0.2) is 33.0 Å². The minimum absolute atomic E-state index is 0.191. The molecular weight excluding hydrogens is 312 g/mol. The summed E-state index contributed by atoms with van der Waals surface area (Å²) in [6, 6.07) is 7.52. The average Bonchev–Trinajstić information content (AvgIpc) is 2.97. The van der Waals surface area contributed by atoms with Crippen molar-refractivity contribution in [3.05, 3.63) is 47.4 Å². The van der Waals surface area contributed by atoms with Gasteiger partial charge in [-0.15, -0.1) is 0 Å². The molecular formula is C17H17ClN4O. The summed E-state index contributed by atoms with van der Waals surface area (Å²) < 4.78 is 1.84. The summed E-state index contributed by atoms with van der Waals surface area (Å²) in [5, 5.41) is 20.0. The van der Waals surface area contributed by atoms with E-state index in [1.54, 1.807) is 6.20 Å². The van der Waals surface area contributed by atoms with E-state index < -0.39 is 0 Å². The number of hydrogen-bond donors (Lipinski definition) is 2. The molecule has 5 nitrogen and oxygen atoms in total. The molecule has 2 aromatic heterocycles. The van der Waals surface area contributed by atoms with E-state index in [4.69, 9.17) is 16.7 Å². The molecule has 0 atom stereocenters. The molecule has 0 bridgehead atoms. The van der Waals surface area contributed by atoms with Crippen LogP contribution in [0.3, 0.4) is 0 Å². The Morgan fingerprint density at radius 3 is 2.61 bits per heavy atom. The first kappa shape index (κ1) is 14.5. The van der Waals surface area contributed by atoms with Gasteiger partial charge in [0.05, 0.1) is 34.7 Å². The highest BCUT2D eigenvalue weighted by molar-refractivity contribution is 6.30. The van der Waals surface area contributed by atoms with E-state index in [9.17, 15) is 5.11 Å². The van der Waals surface area contributed by atoms with Crippen molar-refractivity contribution in [1.29, 1.82) is 0 Å². The summed E-state index contributed by atoms with van der Waals surface area (Å²) in [6.07, 6.45) is 5.28. The maximum Gasteiger partial charge on any atom is 0.145 e. The van der Waals surface area contributed by atoms with Gasteiger partial charge in [-0.1, -0.05) is 11.6 Å². The molecule has 1 aliphatic rings. The summed E-state index contributed by atoms with van der Waals surface area (Å²) >= 11 is 5.98. The number of pyridine rings is 1. The van der Waals surface area contributed by atoms with Gasteiger partial charge in [0.1, 0.15) is 5.75 Å². The van der Waals surface area contributed by atoms with Crippen molar-refractivity contribution in [3.8, 4) is 11.4 Å². The summed E-state index contributed by atoms with van der Waals surface area (Å²) in [5.41, 5.74) is 2.68. The topological polar surface area (TPSA) is 63.0 Å². The van der Waals surface area contributed by atoms with Crippen LogP contribution in [0.5, 0.6) is 5.75 Å². The largest absolute Gasteiger partial charge is 0.506 e. The maximum absolute atomic E-state index is 10.3. The van der Waals surface area contributed by atoms with Crippen molar-refractivity contribution < 1.29 is 5.11 Å². The molecule has 3 heterocycles. The number of nitrogens with zero attached hydrogens (tertiary/aromatic N) is 3. The van der Waals surface area contributed by atoms with Crippen LogP contribution in [0, 0.1) is 0 Å². The van der Waals surface area contributed by atoms with Gasteiger partial charge in [-0.3, -0.25) is 4.98 Å². The first-order chi connectivity index (χ1) is 11.2. The van der Waals surface area contributed by atoms with Gasteiger partial charge in [-0.25, -0.2) is 4.68 Å². The number of aromatic hydroxyl groups is 1. The standard InChI is InChI=1S/C17H17ClN4O/c18-12-1-3-13(4-2-12)22-14-9-20-10-15(23)16(14)17(21-22)11-5-7-19-8-6-11/h1-4,9-11,19,23H,5-8H2. The van der Waals surface area contributed by atoms with Crippen LogP contribution in [0.25, 0.3) is 16.6 Å². The number of hydrogen-bond acceptors (Lipinski definition) is 4. The van der Waals surface area contributed by atoms with Crippen LogP contribution in [0.15, 0.2) is 36.7 Å². The molecule has 23 heavy (non-hydrogen) atoms. The Morgan fingerprint density at radius 2 is 1.87 bits per heavy atom. The zero-order valence-electron chi connectivity index (χ0n) is 12.5. The Labute approximate surface area is 138 Å². The van der Waals surface area contributed by atoms with E-state index in [2.05, 4.69) is 10.3 Å². The molecule has 1 fully saturated rings. The monoisotopic (exact) mass is 328 g/mol. The van der Waals surface area contributed by atoms with Gasteiger partial charge >= 0.3 is 0 Å². The normalized spacial score (nSPS) is 16.0. The lowest BCUT2D eigenvalue weighted by Gasteiger charge is -2.21. The fourth-order valence-corrected chi connectivity index (χ4v) is 3.36. The van der Waals surface area contributed by atoms with Crippen molar-refractivity contribution in [2.75, 3.05) is 13.1 Å². The molecule has 118 valence electrons. The van der Waals surface area contributed by atoms with Gasteiger partial charge in [0.15, 0.2) is 0 Å². The average molecular weight is 329 g/mol. The van der Waals surface area contributed by atoms with Gasteiger partial charge in [0, 0.05) is 10.9 Å². The van der Waals surface area contributed by atoms with Crippen molar-refractivity contribution >= 4 is 22.5 Å². The first-order valence-electron chi connectivity index (χ1n) is 7.76. The summed E-state index contributed by atoms with van der Waals surface area (Å²) in [6.45, 7) is 1.96. The number of halogens is 1. The Morgan fingerprint density at radius 1 is 1.13 bits per heavy atom. The van der Waals surface area contributed by atoms with Crippen molar-refractivity contribution in [3.63, 3.8) is 0 Å². The summed E-state index contributed by atoms with van der Waals surface area (Å²) in [5.74, 6) is 0.539. The van der Waals surface area contributed by atoms with Crippen LogP contribution >= 0.6 is 11.6 Å². The molecule has 3 aromatic rings. The molecule has 0 amide bonds. The lowest BCUT2D eigenvalue weighted by atomic mass is 9.93. The molecule has 1 saturated heterocycles. The minimum atomic E-state index is 0.191. The lowest BCUT2D eigenvalue weighted by molar-refractivity contribution is 0.449. The second kappa shape index (κ2) is 5.83. The number of piperidine rings is 1. The van der Waals surface area contributed by atoms with E-state index >= 15 is 0 Å². The number of benzene rings is 1. The Balaban J connectivity index is 1.91. The third-order valence-corrected chi connectivity index (χ3v) is 4.65. The molecule has 0 aliphatic carbocycles. The highest BCUT2D eigenvalue weighted by Crippen LogP contribution is 2.36. The highest BCUT2D eigenvalue weighted by atomic mass is 35.5. The zero-order chi connectivity index (χ0) is 15.8. The molecule has 4 rings (SSSR count). The van der Waals surface area contributed by atoms with Crippen molar-refractivity contribution in [2.45, 2.75) is 18.8 Å². The van der Waals surface area contributed by atoms with Crippen molar-refractivity contribution in [2.24, 2.45) is 0 Å². The molecule has 0 radical (unpaired) electrons. The van der Waals surface area contributed by atoms with E-state index in [0.29, 0.717) is 10.9 Å². The number of aromatic nitrogens is 3. The summed E-state index contributed by atoms with van der Waals surface area (Å²) in [4.78, 5) is 4.13. The smallest absolute Gasteiger partial charge is 0.145 e. The second-order valence-corrected chi connectivity index (χ2v) is 6.29. The zero-order valence-corrected chi connectivity index (χ0v) is 13.3. The summed E-state index contributed by atoms with van der Waals surface area (Å²) in [7, 11) is 0. The van der Waals surface area contributed by atoms with E-state index in [0.717, 1.165) is 48.2 Å².